The van der Waals surface area contributed by atoms with Gasteiger partial charge >= 0.3 is 5.97 Å². The third kappa shape index (κ3) is 9.38. The molecule has 9 heteroatoms. The highest BCUT2D eigenvalue weighted by Crippen LogP contribution is 2.32. The summed E-state index contributed by atoms with van der Waals surface area (Å²) in [4.78, 5) is 47.1. The Morgan fingerprint density at radius 1 is 0.763 bits per heavy atom. The third-order valence-corrected chi connectivity index (χ3v) is 11.5. The van der Waals surface area contributed by atoms with Gasteiger partial charge in [-0.1, -0.05) is 72.2 Å². The van der Waals surface area contributed by atoms with Gasteiger partial charge in [0.1, 0.15) is 0 Å². The van der Waals surface area contributed by atoms with Crippen LogP contribution in [0.1, 0.15) is 82.6 Å². The summed E-state index contributed by atoms with van der Waals surface area (Å²) in [6.45, 7) is 15.5. The monoisotopic (exact) mass is 792 g/mol. The number of rotatable bonds is 12. The van der Waals surface area contributed by atoms with Crippen molar-refractivity contribution in [3.8, 4) is 0 Å². The van der Waals surface area contributed by atoms with E-state index < -0.39 is 11.5 Å². The van der Waals surface area contributed by atoms with Crippen molar-refractivity contribution in [2.45, 2.75) is 66.5 Å². The lowest BCUT2D eigenvalue weighted by Gasteiger charge is -2.38. The lowest BCUT2D eigenvalue weighted by molar-refractivity contribution is -0.140. The zero-order chi connectivity index (χ0) is 42.3. The van der Waals surface area contributed by atoms with E-state index in [0.717, 1.165) is 83.5 Å². The van der Waals surface area contributed by atoms with Gasteiger partial charge in [-0.25, -0.2) is 4.79 Å². The molecular weight excluding hydrogens is 737 g/mol. The van der Waals surface area contributed by atoms with Crippen LogP contribution in [-0.2, 0) is 27.3 Å². The average Bonchev–Trinajstić information content (AvgIpc) is 3.57. The van der Waals surface area contributed by atoms with Crippen molar-refractivity contribution in [1.82, 2.24) is 9.47 Å². The number of hydrogen-bond acceptors (Lipinski definition) is 8. The van der Waals surface area contributed by atoms with Crippen molar-refractivity contribution >= 4 is 50.7 Å². The topological polar surface area (TPSA) is 93.4 Å². The molecule has 0 aliphatic carbocycles. The minimum absolute atomic E-state index is 0.0150. The Morgan fingerprint density at radius 2 is 1.36 bits per heavy atom. The van der Waals surface area contributed by atoms with Gasteiger partial charge in [-0.2, -0.15) is 0 Å². The number of Topliss-reactive ketones (excluding diaryl/α,β-unsaturated/α-hetero) is 1. The standard InChI is InChI=1S/C26H24N2O3.C24H32N2O2/c1-5-28-24-12-10-19(17(3)27-31-18(4)29)14-22(24)23-15-20(11-13-25(23)28)26(30)21-9-7-6-8-16(21)2;1-5-24(25(3)4,18-20-8-6-19(2)7-9-20)23(27)21-10-12-22(13-11-21)26-14-16-28-17-15-26/h6-15H,5H2,1-4H3;6-13H,5,14-18H2,1-4H3/b27-17+;. The molecule has 9 nitrogen and oxygen atoms in total. The van der Waals surface area contributed by atoms with E-state index in [2.05, 4.69) is 76.7 Å². The molecule has 7 rings (SSSR count). The van der Waals surface area contributed by atoms with Crippen molar-refractivity contribution in [2.75, 3.05) is 45.3 Å². The molecule has 1 fully saturated rings. The highest BCUT2D eigenvalue weighted by atomic mass is 16.7. The Kier molecular flexibility index (Phi) is 13.6. The zero-order valence-electron chi connectivity index (χ0n) is 35.7. The lowest BCUT2D eigenvalue weighted by Crippen LogP contribution is -2.52. The molecule has 1 aliphatic rings. The van der Waals surface area contributed by atoms with Gasteiger partial charge < -0.3 is 19.0 Å². The second-order valence-electron chi connectivity index (χ2n) is 15.5. The second kappa shape index (κ2) is 18.8. The fourth-order valence-corrected chi connectivity index (χ4v) is 7.98. The number of nitrogens with zero attached hydrogens (tertiary/aromatic N) is 4. The van der Waals surface area contributed by atoms with Gasteiger partial charge in [0.25, 0.3) is 0 Å². The summed E-state index contributed by atoms with van der Waals surface area (Å²) in [5, 5.41) is 5.95. The first-order valence-corrected chi connectivity index (χ1v) is 20.5. The van der Waals surface area contributed by atoms with Crippen LogP contribution in [-0.4, -0.2) is 78.7 Å². The number of hydrogen-bond donors (Lipinski definition) is 0. The van der Waals surface area contributed by atoms with Crippen molar-refractivity contribution < 1.29 is 24.0 Å². The number of morpholine rings is 1. The first-order chi connectivity index (χ1) is 28.4. The summed E-state index contributed by atoms with van der Waals surface area (Å²) in [6, 6.07) is 36.2. The predicted molar refractivity (Wildman–Crippen MR) is 239 cm³/mol. The number of carbonyl (C=O) groups is 3. The van der Waals surface area contributed by atoms with Crippen LogP contribution >= 0.6 is 0 Å². The molecule has 0 radical (unpaired) electrons. The molecule has 1 atom stereocenters. The molecule has 0 saturated carbocycles. The fraction of sp³-hybridized carbons (Fsp3) is 0.320. The predicted octanol–water partition coefficient (Wildman–Crippen LogP) is 9.61. The molecule has 59 heavy (non-hydrogen) atoms. The Hall–Kier alpha value is -5.90. The van der Waals surface area contributed by atoms with Gasteiger partial charge in [-0.05, 0) is 126 Å². The van der Waals surface area contributed by atoms with Crippen LogP contribution in [0.25, 0.3) is 21.8 Å². The number of oxime groups is 1. The maximum Gasteiger partial charge on any atom is 0.331 e. The van der Waals surface area contributed by atoms with Crippen LogP contribution in [0.5, 0.6) is 0 Å². The Balaban J connectivity index is 0.000000199. The SMILES string of the molecule is CCC(Cc1ccc(C)cc1)(C(=O)c1ccc(N2CCOCC2)cc1)N(C)C.CCn1c2ccc(C(=O)c3ccccc3C)cc2c2cc(/C(C)=N/OC(C)=O)ccc21. The Morgan fingerprint density at radius 3 is 1.93 bits per heavy atom. The van der Waals surface area contributed by atoms with Crippen LogP contribution in [0.3, 0.4) is 0 Å². The summed E-state index contributed by atoms with van der Waals surface area (Å²) in [5.74, 6) is -0.252. The summed E-state index contributed by atoms with van der Waals surface area (Å²) < 4.78 is 7.66. The summed E-state index contributed by atoms with van der Waals surface area (Å²) in [7, 11) is 4.02. The molecule has 306 valence electrons. The number of aryl methyl sites for hydroxylation is 3. The molecule has 1 unspecified atom stereocenters. The first-order valence-electron chi connectivity index (χ1n) is 20.5. The Labute approximate surface area is 348 Å². The average molecular weight is 793 g/mol. The molecule has 0 N–H and O–H groups in total. The van der Waals surface area contributed by atoms with Gasteiger partial charge in [0.05, 0.1) is 24.5 Å². The van der Waals surface area contributed by atoms with Crippen molar-refractivity contribution in [1.29, 1.82) is 0 Å². The summed E-state index contributed by atoms with van der Waals surface area (Å²) >= 11 is 0. The van der Waals surface area contributed by atoms with Gasteiger partial charge in [0.2, 0.25) is 0 Å². The molecule has 0 spiro atoms. The summed E-state index contributed by atoms with van der Waals surface area (Å²) in [5.41, 5.74) is 9.79. The molecule has 1 aliphatic heterocycles. The zero-order valence-corrected chi connectivity index (χ0v) is 35.7. The normalized spacial score (nSPS) is 14.2. The molecule has 1 saturated heterocycles. The number of carbonyl (C=O) groups excluding carboxylic acids is 3. The number of ketones is 2. The van der Waals surface area contributed by atoms with E-state index in [9.17, 15) is 14.4 Å². The minimum Gasteiger partial charge on any atom is -0.378 e. The van der Waals surface area contributed by atoms with E-state index in [-0.39, 0.29) is 11.6 Å². The van der Waals surface area contributed by atoms with Crippen LogP contribution in [0.15, 0.2) is 114 Å². The fourth-order valence-electron chi connectivity index (χ4n) is 7.98. The van der Waals surface area contributed by atoms with Crippen LogP contribution < -0.4 is 4.90 Å². The maximum atomic E-state index is 13.6. The highest BCUT2D eigenvalue weighted by molar-refractivity contribution is 6.16. The number of benzene rings is 5. The number of fused-ring (bicyclic) bond motifs is 3. The van der Waals surface area contributed by atoms with Gasteiger partial charge in [-0.15, -0.1) is 0 Å². The quantitative estimate of drug-likeness (QED) is 0.0528. The van der Waals surface area contributed by atoms with Crippen LogP contribution in [0.2, 0.25) is 0 Å². The van der Waals surface area contributed by atoms with E-state index in [1.54, 1.807) is 6.92 Å². The van der Waals surface area contributed by atoms with Crippen LogP contribution in [0, 0.1) is 13.8 Å². The van der Waals surface area contributed by atoms with Gasteiger partial charge in [0, 0.05) is 70.7 Å². The molecule has 6 aromatic rings. The van der Waals surface area contributed by atoms with Gasteiger partial charge in [-0.3, -0.25) is 14.5 Å². The van der Waals surface area contributed by atoms with Crippen molar-refractivity contribution in [3.63, 3.8) is 0 Å². The van der Waals surface area contributed by atoms with Crippen molar-refractivity contribution in [3.05, 3.63) is 148 Å². The van der Waals surface area contributed by atoms with Gasteiger partial charge in [0.15, 0.2) is 11.6 Å². The molecule has 0 bridgehead atoms. The van der Waals surface area contributed by atoms with E-state index in [1.807, 2.05) is 93.8 Å². The van der Waals surface area contributed by atoms with Crippen molar-refractivity contribution in [2.24, 2.45) is 5.16 Å². The largest absolute Gasteiger partial charge is 0.378 e. The molecule has 2 heterocycles. The van der Waals surface area contributed by atoms with E-state index in [1.165, 1.54) is 18.1 Å². The highest BCUT2D eigenvalue weighted by Gasteiger charge is 2.39. The third-order valence-electron chi connectivity index (χ3n) is 11.5. The first kappa shape index (κ1) is 42.7. The van der Waals surface area contributed by atoms with Crippen LogP contribution in [0.4, 0.5) is 5.69 Å². The van der Waals surface area contributed by atoms with E-state index >= 15 is 0 Å². The second-order valence-corrected chi connectivity index (χ2v) is 15.5. The molecule has 0 amide bonds. The number of anilines is 1. The lowest BCUT2D eigenvalue weighted by atomic mass is 9.80. The maximum absolute atomic E-state index is 13.6. The number of ether oxygens (including phenoxy) is 1. The Bertz CT molecular complexity index is 2480. The minimum atomic E-state index is -0.546. The summed E-state index contributed by atoms with van der Waals surface area (Å²) in [6.07, 6.45) is 1.47. The number of aromatic nitrogens is 1. The van der Waals surface area contributed by atoms with E-state index in [0.29, 0.717) is 23.3 Å². The molecular formula is C50H56N4O5. The number of likely N-dealkylation sites (N-methyl/N-ethyl adjacent to an activating group) is 1. The molecule has 1 aromatic heterocycles. The molecule has 5 aromatic carbocycles. The van der Waals surface area contributed by atoms with E-state index in [4.69, 9.17) is 9.57 Å². The smallest absolute Gasteiger partial charge is 0.331 e.